The Morgan fingerprint density at radius 1 is 1.07 bits per heavy atom. The number of benzene rings is 2. The van der Waals surface area contributed by atoms with Gasteiger partial charge in [-0.2, -0.15) is 22.0 Å². The Hall–Kier alpha value is -2.84. The van der Waals surface area contributed by atoms with Gasteiger partial charge in [0.25, 0.3) is 5.91 Å². The molecule has 0 aliphatic rings. The monoisotopic (exact) mass is 389 g/mol. The summed E-state index contributed by atoms with van der Waals surface area (Å²) in [4.78, 5) is 13.4. The molecular weight excluding hydrogens is 373 g/mol. The molecule has 0 bridgehead atoms. The van der Waals surface area contributed by atoms with Crippen LogP contribution in [-0.4, -0.2) is 31.1 Å². The minimum atomic E-state index is -4.50. The molecule has 4 nitrogen and oxygen atoms in total. The van der Waals surface area contributed by atoms with Crippen molar-refractivity contribution >= 4 is 5.91 Å². The van der Waals surface area contributed by atoms with Crippen molar-refractivity contribution in [3.05, 3.63) is 59.7 Å². The van der Waals surface area contributed by atoms with E-state index in [1.54, 1.807) is 0 Å². The summed E-state index contributed by atoms with van der Waals surface area (Å²) in [5, 5.41) is 0. The number of nitrogens with zero attached hydrogens (tertiary/aromatic N) is 1. The molecule has 0 saturated carbocycles. The van der Waals surface area contributed by atoms with Crippen molar-refractivity contribution < 1.29 is 36.2 Å². The second kappa shape index (κ2) is 8.70. The first-order valence-corrected chi connectivity index (χ1v) is 7.73. The summed E-state index contributed by atoms with van der Waals surface area (Å²) >= 11 is 0. The van der Waals surface area contributed by atoms with Crippen LogP contribution in [-0.2, 0) is 17.5 Å². The minimum Gasteiger partial charge on any atom is -0.484 e. The van der Waals surface area contributed by atoms with Crippen molar-refractivity contribution in [2.75, 3.05) is 13.7 Å². The normalized spacial score (nSPS) is 11.4. The van der Waals surface area contributed by atoms with Gasteiger partial charge >= 0.3 is 12.8 Å². The van der Waals surface area contributed by atoms with Gasteiger partial charge in [0, 0.05) is 13.6 Å². The van der Waals surface area contributed by atoms with Gasteiger partial charge in [-0.15, -0.1) is 0 Å². The number of likely N-dealkylation sites (N-methyl/N-ethyl adjacent to an activating group) is 1. The zero-order valence-electron chi connectivity index (χ0n) is 14.2. The van der Waals surface area contributed by atoms with Gasteiger partial charge in [-0.05, 0) is 35.9 Å². The molecule has 0 aliphatic carbocycles. The molecule has 0 spiro atoms. The number of hydrogen-bond donors (Lipinski definition) is 0. The maximum atomic E-state index is 12.7. The van der Waals surface area contributed by atoms with E-state index in [4.69, 9.17) is 4.74 Å². The smallest absolute Gasteiger partial charge is 0.416 e. The molecule has 2 aromatic carbocycles. The third-order valence-electron chi connectivity index (χ3n) is 3.52. The highest BCUT2D eigenvalue weighted by atomic mass is 19.4. The lowest BCUT2D eigenvalue weighted by molar-refractivity contribution is -0.137. The molecule has 0 radical (unpaired) electrons. The number of carbonyl (C=O) groups excluding carboxylic acids is 1. The van der Waals surface area contributed by atoms with Crippen LogP contribution in [0.4, 0.5) is 22.0 Å². The number of rotatable bonds is 7. The molecule has 2 aromatic rings. The van der Waals surface area contributed by atoms with E-state index in [-0.39, 0.29) is 18.0 Å². The Kier molecular flexibility index (Phi) is 6.59. The number of hydrogen-bond acceptors (Lipinski definition) is 3. The van der Waals surface area contributed by atoms with Crippen molar-refractivity contribution in [2.45, 2.75) is 19.3 Å². The maximum absolute atomic E-state index is 12.7. The fourth-order valence-corrected chi connectivity index (χ4v) is 2.16. The summed E-state index contributed by atoms with van der Waals surface area (Å²) < 4.78 is 71.5. The molecule has 2 rings (SSSR count). The van der Waals surface area contributed by atoms with Gasteiger partial charge in [-0.3, -0.25) is 4.79 Å². The van der Waals surface area contributed by atoms with E-state index in [0.29, 0.717) is 5.56 Å². The predicted molar refractivity (Wildman–Crippen MR) is 86.5 cm³/mol. The fraction of sp³-hybridized carbons (Fsp3) is 0.278. The van der Waals surface area contributed by atoms with Gasteiger partial charge in [0.2, 0.25) is 0 Å². The molecule has 0 heterocycles. The highest BCUT2D eigenvalue weighted by Gasteiger charge is 2.30. The van der Waals surface area contributed by atoms with Crippen molar-refractivity contribution in [3.8, 4) is 11.5 Å². The van der Waals surface area contributed by atoms with Gasteiger partial charge in [0.15, 0.2) is 6.61 Å². The van der Waals surface area contributed by atoms with Gasteiger partial charge in [0.05, 0.1) is 5.56 Å². The summed E-state index contributed by atoms with van der Waals surface area (Å²) in [6.07, 6.45) is -4.50. The van der Waals surface area contributed by atoms with Gasteiger partial charge in [-0.25, -0.2) is 0 Å². The number of amides is 1. The van der Waals surface area contributed by atoms with E-state index < -0.39 is 30.9 Å². The summed E-state index contributed by atoms with van der Waals surface area (Å²) in [6.45, 7) is -3.20. The molecule has 0 fully saturated rings. The van der Waals surface area contributed by atoms with Gasteiger partial charge in [-0.1, -0.05) is 18.2 Å². The number of halogens is 5. The summed E-state index contributed by atoms with van der Waals surface area (Å²) in [5.74, 6) is -0.531. The summed E-state index contributed by atoms with van der Waals surface area (Å²) in [7, 11) is 1.49. The zero-order chi connectivity index (χ0) is 20.0. The second-order valence-electron chi connectivity index (χ2n) is 5.59. The quantitative estimate of drug-likeness (QED) is 0.661. The van der Waals surface area contributed by atoms with E-state index in [2.05, 4.69) is 4.74 Å². The Bertz CT molecular complexity index is 762. The lowest BCUT2D eigenvalue weighted by Crippen LogP contribution is -2.31. The SMILES string of the molecule is CN(Cc1ccc(OC(F)F)cc1)C(=O)COc1cccc(C(F)(F)F)c1. The molecule has 0 aromatic heterocycles. The molecule has 0 unspecified atom stereocenters. The molecule has 27 heavy (non-hydrogen) atoms. The summed E-state index contributed by atoms with van der Waals surface area (Å²) in [6, 6.07) is 9.97. The first-order valence-electron chi connectivity index (χ1n) is 7.73. The molecule has 1 amide bonds. The first-order chi connectivity index (χ1) is 12.6. The highest BCUT2D eigenvalue weighted by Crippen LogP contribution is 2.31. The average Bonchev–Trinajstić information content (AvgIpc) is 2.60. The summed E-state index contributed by atoms with van der Waals surface area (Å²) in [5.41, 5.74) is -0.210. The lowest BCUT2D eigenvalue weighted by atomic mass is 10.2. The van der Waals surface area contributed by atoms with Crippen molar-refractivity contribution in [3.63, 3.8) is 0 Å². The fourth-order valence-electron chi connectivity index (χ4n) is 2.16. The van der Waals surface area contributed by atoms with E-state index >= 15 is 0 Å². The predicted octanol–water partition coefficient (Wildman–Crippen LogP) is 4.34. The molecule has 0 aliphatic heterocycles. The molecular formula is C18H16F5NO3. The molecule has 0 atom stereocenters. The van der Waals surface area contributed by atoms with Crippen LogP contribution in [0, 0.1) is 0 Å². The largest absolute Gasteiger partial charge is 0.484 e. The van der Waals surface area contributed by atoms with Crippen LogP contribution >= 0.6 is 0 Å². The minimum absolute atomic E-state index is 0.00407. The third-order valence-corrected chi connectivity index (χ3v) is 3.52. The number of alkyl halides is 5. The van der Waals surface area contributed by atoms with Crippen LogP contribution in [0.5, 0.6) is 11.5 Å². The zero-order valence-corrected chi connectivity index (χ0v) is 14.2. The second-order valence-corrected chi connectivity index (χ2v) is 5.59. The molecule has 0 N–H and O–H groups in total. The van der Waals surface area contributed by atoms with E-state index in [1.807, 2.05) is 0 Å². The average molecular weight is 389 g/mol. The third kappa shape index (κ3) is 6.43. The Balaban J connectivity index is 1.89. The van der Waals surface area contributed by atoms with Crippen LogP contribution < -0.4 is 9.47 Å². The number of ether oxygens (including phenoxy) is 2. The van der Waals surface area contributed by atoms with Crippen molar-refractivity contribution in [2.24, 2.45) is 0 Å². The van der Waals surface area contributed by atoms with E-state index in [0.717, 1.165) is 12.1 Å². The topological polar surface area (TPSA) is 38.8 Å². The van der Waals surface area contributed by atoms with E-state index in [9.17, 15) is 26.7 Å². The van der Waals surface area contributed by atoms with Crippen molar-refractivity contribution in [1.29, 1.82) is 0 Å². The molecule has 146 valence electrons. The standard InChI is InChI=1S/C18H16F5NO3/c1-24(10-12-5-7-14(8-6-12)27-17(19)20)16(25)11-26-15-4-2-3-13(9-15)18(21,22)23/h2-9,17H,10-11H2,1H3. The molecule has 0 saturated heterocycles. The number of carbonyl (C=O) groups is 1. The highest BCUT2D eigenvalue weighted by molar-refractivity contribution is 5.77. The van der Waals surface area contributed by atoms with Crippen LogP contribution in [0.25, 0.3) is 0 Å². The van der Waals surface area contributed by atoms with Gasteiger partial charge in [0.1, 0.15) is 11.5 Å². The van der Waals surface area contributed by atoms with Gasteiger partial charge < -0.3 is 14.4 Å². The Labute approximate surface area is 152 Å². The Morgan fingerprint density at radius 2 is 1.74 bits per heavy atom. The van der Waals surface area contributed by atoms with Crippen LogP contribution in [0.15, 0.2) is 48.5 Å². The van der Waals surface area contributed by atoms with Crippen LogP contribution in [0.2, 0.25) is 0 Å². The first kappa shape index (κ1) is 20.5. The molecule has 9 heteroatoms. The maximum Gasteiger partial charge on any atom is 0.416 e. The van der Waals surface area contributed by atoms with Crippen LogP contribution in [0.3, 0.4) is 0 Å². The lowest BCUT2D eigenvalue weighted by Gasteiger charge is -2.18. The van der Waals surface area contributed by atoms with E-state index in [1.165, 1.54) is 48.3 Å². The van der Waals surface area contributed by atoms with Crippen LogP contribution in [0.1, 0.15) is 11.1 Å². The van der Waals surface area contributed by atoms with Crippen molar-refractivity contribution in [1.82, 2.24) is 4.90 Å². The Morgan fingerprint density at radius 3 is 2.33 bits per heavy atom.